The van der Waals surface area contributed by atoms with E-state index in [9.17, 15) is 8.42 Å². The summed E-state index contributed by atoms with van der Waals surface area (Å²) in [5.41, 5.74) is 3.12. The van der Waals surface area contributed by atoms with Crippen LogP contribution >= 0.6 is 0 Å². The molecule has 17 heavy (non-hydrogen) atoms. The fourth-order valence-corrected chi connectivity index (χ4v) is 2.34. The highest BCUT2D eigenvalue weighted by atomic mass is 32.2. The summed E-state index contributed by atoms with van der Waals surface area (Å²) in [6.07, 6.45) is 0.821. The Morgan fingerprint density at radius 2 is 1.82 bits per heavy atom. The van der Waals surface area contributed by atoms with Crippen molar-refractivity contribution in [3.63, 3.8) is 0 Å². The quantitative estimate of drug-likeness (QED) is 0.530. The Morgan fingerprint density at radius 3 is 2.29 bits per heavy atom. The Bertz CT molecular complexity index is 440. The molecule has 0 heterocycles. The average molecular weight is 257 g/mol. The number of rotatable bonds is 6. The number of hydrogen-bond donors (Lipinski definition) is 3. The molecule has 0 unspecified atom stereocenters. The summed E-state index contributed by atoms with van der Waals surface area (Å²) in [4.78, 5) is 0.250. The molecule has 0 saturated heterocycles. The summed E-state index contributed by atoms with van der Waals surface area (Å²) in [6, 6.07) is 6.29. The first-order chi connectivity index (χ1) is 7.95. The summed E-state index contributed by atoms with van der Waals surface area (Å²) in [7, 11) is -3.40. The van der Waals surface area contributed by atoms with Crippen molar-refractivity contribution in [1.29, 1.82) is 0 Å². The predicted molar refractivity (Wildman–Crippen MR) is 68.9 cm³/mol. The highest BCUT2D eigenvalue weighted by Gasteiger charge is 2.12. The minimum atomic E-state index is -3.40. The van der Waals surface area contributed by atoms with Gasteiger partial charge >= 0.3 is 0 Å². The predicted octanol–water partition coefficient (Wildman–Crippen LogP) is 1.30. The molecule has 4 N–H and O–H groups in total. The molecule has 0 aliphatic rings. The van der Waals surface area contributed by atoms with Crippen molar-refractivity contribution in [3.05, 3.63) is 24.3 Å². The lowest BCUT2D eigenvalue weighted by atomic mass is 10.1. The minimum Gasteiger partial charge on any atom is -0.324 e. The zero-order chi connectivity index (χ0) is 12.9. The summed E-state index contributed by atoms with van der Waals surface area (Å²) >= 11 is 0. The summed E-state index contributed by atoms with van der Waals surface area (Å²) in [5.74, 6) is 5.68. The number of hydrazine groups is 1. The van der Waals surface area contributed by atoms with Crippen molar-refractivity contribution in [3.8, 4) is 0 Å². The maximum absolute atomic E-state index is 11.9. The van der Waals surface area contributed by atoms with Gasteiger partial charge in [-0.05, 0) is 36.6 Å². The molecule has 0 saturated carbocycles. The molecular formula is C11H19N3O2S. The van der Waals surface area contributed by atoms with Crippen LogP contribution in [0, 0.1) is 5.92 Å². The number of nitrogens with two attached hydrogens (primary N) is 1. The minimum absolute atomic E-state index is 0.250. The molecule has 0 fully saturated rings. The number of nitrogen functional groups attached to an aromatic ring is 1. The molecule has 0 bridgehead atoms. The molecule has 0 atom stereocenters. The van der Waals surface area contributed by atoms with Crippen LogP contribution in [0.2, 0.25) is 0 Å². The van der Waals surface area contributed by atoms with Gasteiger partial charge in [-0.3, -0.25) is 5.84 Å². The van der Waals surface area contributed by atoms with Crippen LogP contribution in [-0.4, -0.2) is 15.0 Å². The van der Waals surface area contributed by atoms with Crippen molar-refractivity contribution in [2.75, 3.05) is 12.0 Å². The van der Waals surface area contributed by atoms with E-state index >= 15 is 0 Å². The van der Waals surface area contributed by atoms with E-state index in [4.69, 9.17) is 5.84 Å². The normalized spacial score (nSPS) is 11.8. The second-order valence-corrected chi connectivity index (χ2v) is 6.02. The van der Waals surface area contributed by atoms with E-state index in [0.717, 1.165) is 6.42 Å². The van der Waals surface area contributed by atoms with Crippen LogP contribution in [0.25, 0.3) is 0 Å². The van der Waals surface area contributed by atoms with E-state index in [-0.39, 0.29) is 4.90 Å². The lowest BCUT2D eigenvalue weighted by Gasteiger charge is -2.08. The van der Waals surface area contributed by atoms with Crippen molar-refractivity contribution < 1.29 is 8.42 Å². The molecule has 0 spiro atoms. The second-order valence-electron chi connectivity index (χ2n) is 4.25. The molecule has 1 rings (SSSR count). The van der Waals surface area contributed by atoms with E-state index in [0.29, 0.717) is 18.2 Å². The molecule has 0 aliphatic carbocycles. The van der Waals surface area contributed by atoms with E-state index in [1.165, 1.54) is 12.1 Å². The number of sulfonamides is 1. The summed E-state index contributed by atoms with van der Waals surface area (Å²) < 4.78 is 26.3. The molecule has 0 aliphatic heterocycles. The van der Waals surface area contributed by atoms with Crippen LogP contribution in [0.4, 0.5) is 5.69 Å². The lowest BCUT2D eigenvalue weighted by Crippen LogP contribution is -2.25. The van der Waals surface area contributed by atoms with Crippen LogP contribution in [0.15, 0.2) is 29.2 Å². The standard InChI is InChI=1S/C11H19N3O2S/c1-9(2)7-8-13-17(15,16)11-5-3-10(14-12)4-6-11/h3-6,9,13-14H,7-8,12H2,1-2H3. The van der Waals surface area contributed by atoms with Gasteiger partial charge in [0.25, 0.3) is 0 Å². The van der Waals surface area contributed by atoms with Gasteiger partial charge in [-0.25, -0.2) is 13.1 Å². The number of benzene rings is 1. The van der Waals surface area contributed by atoms with Gasteiger partial charge in [0.05, 0.1) is 4.90 Å². The largest absolute Gasteiger partial charge is 0.324 e. The summed E-state index contributed by atoms with van der Waals surface area (Å²) in [5, 5.41) is 0. The zero-order valence-electron chi connectivity index (χ0n) is 10.1. The Morgan fingerprint density at radius 1 is 1.24 bits per heavy atom. The monoisotopic (exact) mass is 257 g/mol. The fourth-order valence-electron chi connectivity index (χ4n) is 1.30. The van der Waals surface area contributed by atoms with Gasteiger partial charge in [-0.15, -0.1) is 0 Å². The zero-order valence-corrected chi connectivity index (χ0v) is 10.9. The first-order valence-corrected chi connectivity index (χ1v) is 7.00. The topological polar surface area (TPSA) is 84.2 Å². The van der Waals surface area contributed by atoms with Gasteiger partial charge in [-0.2, -0.15) is 0 Å². The average Bonchev–Trinajstić information content (AvgIpc) is 2.28. The Labute approximate surface area is 102 Å². The van der Waals surface area contributed by atoms with Gasteiger partial charge in [0.2, 0.25) is 10.0 Å². The van der Waals surface area contributed by atoms with Crippen LogP contribution in [-0.2, 0) is 10.0 Å². The molecular weight excluding hydrogens is 238 g/mol. The maximum atomic E-state index is 11.9. The molecule has 96 valence electrons. The fraction of sp³-hybridized carbons (Fsp3) is 0.455. The number of nitrogens with one attached hydrogen (secondary N) is 2. The van der Waals surface area contributed by atoms with Gasteiger partial charge in [-0.1, -0.05) is 13.8 Å². The van der Waals surface area contributed by atoms with Crippen LogP contribution in [0.3, 0.4) is 0 Å². The van der Waals surface area contributed by atoms with Crippen LogP contribution < -0.4 is 16.0 Å². The van der Waals surface area contributed by atoms with Gasteiger partial charge < -0.3 is 5.43 Å². The molecule has 0 amide bonds. The smallest absolute Gasteiger partial charge is 0.240 e. The van der Waals surface area contributed by atoms with E-state index < -0.39 is 10.0 Å². The first-order valence-electron chi connectivity index (χ1n) is 5.52. The van der Waals surface area contributed by atoms with Crippen molar-refractivity contribution >= 4 is 15.7 Å². The third-order valence-electron chi connectivity index (χ3n) is 2.35. The molecule has 0 radical (unpaired) electrons. The van der Waals surface area contributed by atoms with Crippen molar-refractivity contribution in [1.82, 2.24) is 4.72 Å². The highest BCUT2D eigenvalue weighted by molar-refractivity contribution is 7.89. The highest BCUT2D eigenvalue weighted by Crippen LogP contribution is 2.13. The third kappa shape index (κ3) is 4.33. The molecule has 1 aromatic rings. The molecule has 6 heteroatoms. The van der Waals surface area contributed by atoms with Crippen LogP contribution in [0.1, 0.15) is 20.3 Å². The Kier molecular flexibility index (Phi) is 4.92. The second kappa shape index (κ2) is 6.00. The van der Waals surface area contributed by atoms with Gasteiger partial charge in [0, 0.05) is 12.2 Å². The van der Waals surface area contributed by atoms with Crippen molar-refractivity contribution in [2.45, 2.75) is 25.2 Å². The molecule has 1 aromatic carbocycles. The van der Waals surface area contributed by atoms with Crippen molar-refractivity contribution in [2.24, 2.45) is 11.8 Å². The van der Waals surface area contributed by atoms with E-state index in [1.807, 2.05) is 0 Å². The number of hydrogen-bond acceptors (Lipinski definition) is 4. The summed E-state index contributed by atoms with van der Waals surface area (Å²) in [6.45, 7) is 4.56. The first kappa shape index (κ1) is 14.0. The van der Waals surface area contributed by atoms with E-state index in [2.05, 4.69) is 24.0 Å². The van der Waals surface area contributed by atoms with Gasteiger partial charge in [0.1, 0.15) is 0 Å². The van der Waals surface area contributed by atoms with Gasteiger partial charge in [0.15, 0.2) is 0 Å². The SMILES string of the molecule is CC(C)CCNS(=O)(=O)c1ccc(NN)cc1. The molecule has 0 aromatic heterocycles. The van der Waals surface area contributed by atoms with E-state index in [1.54, 1.807) is 12.1 Å². The maximum Gasteiger partial charge on any atom is 0.240 e. The van der Waals surface area contributed by atoms with Crippen LogP contribution in [0.5, 0.6) is 0 Å². The third-order valence-corrected chi connectivity index (χ3v) is 3.82. The Balaban J connectivity index is 2.68. The molecule has 5 nitrogen and oxygen atoms in total. The number of anilines is 1. The lowest BCUT2D eigenvalue weighted by molar-refractivity contribution is 0.551. The Hall–Kier alpha value is -1.11.